The first kappa shape index (κ1) is 19.5. The molecule has 3 aromatic rings. The van der Waals surface area contributed by atoms with Crippen molar-refractivity contribution >= 4 is 11.7 Å². The zero-order valence-electron chi connectivity index (χ0n) is 16.8. The van der Waals surface area contributed by atoms with Gasteiger partial charge in [-0.1, -0.05) is 18.2 Å². The number of benzene rings is 1. The van der Waals surface area contributed by atoms with E-state index in [4.69, 9.17) is 0 Å². The quantitative estimate of drug-likeness (QED) is 0.688. The maximum atomic E-state index is 13.3. The van der Waals surface area contributed by atoms with Crippen molar-refractivity contribution in [3.63, 3.8) is 0 Å². The molecule has 1 aromatic carbocycles. The molecule has 5 heteroatoms. The van der Waals surface area contributed by atoms with Crippen LogP contribution in [0.5, 0.6) is 0 Å². The van der Waals surface area contributed by atoms with E-state index >= 15 is 0 Å². The Labute approximate surface area is 166 Å². The molecule has 0 aliphatic carbocycles. The third kappa shape index (κ3) is 4.36. The first-order chi connectivity index (χ1) is 13.5. The van der Waals surface area contributed by atoms with Crippen LogP contribution in [0.1, 0.15) is 35.5 Å². The molecule has 0 saturated heterocycles. The standard InChI is InChI=1S/C23H26N4O/c1-16(2)27(15-21-17(3)7-6-12-25-21)23(28)19-9-5-8-18(13-19)20-10-11-22(24-4)26-14-20/h5-14,16H,15H2,1-4H3,(H,24,26). The number of nitrogens with one attached hydrogen (secondary N) is 1. The van der Waals surface area contributed by atoms with Gasteiger partial charge in [-0.15, -0.1) is 0 Å². The van der Waals surface area contributed by atoms with Crippen molar-refractivity contribution in [3.05, 3.63) is 77.7 Å². The lowest BCUT2D eigenvalue weighted by Crippen LogP contribution is -2.36. The van der Waals surface area contributed by atoms with Gasteiger partial charge >= 0.3 is 0 Å². The molecule has 0 unspecified atom stereocenters. The minimum Gasteiger partial charge on any atom is -0.373 e. The molecule has 0 fully saturated rings. The van der Waals surface area contributed by atoms with Gasteiger partial charge in [0.15, 0.2) is 0 Å². The number of pyridine rings is 2. The maximum Gasteiger partial charge on any atom is 0.254 e. The topological polar surface area (TPSA) is 58.1 Å². The molecule has 1 amide bonds. The Hall–Kier alpha value is -3.21. The number of rotatable bonds is 6. The number of aromatic nitrogens is 2. The van der Waals surface area contributed by atoms with Crippen LogP contribution in [0.15, 0.2) is 60.9 Å². The van der Waals surface area contributed by atoms with E-state index in [1.807, 2.05) is 87.4 Å². The smallest absolute Gasteiger partial charge is 0.254 e. The van der Waals surface area contributed by atoms with Gasteiger partial charge in [0.1, 0.15) is 5.82 Å². The Morgan fingerprint density at radius 1 is 1.07 bits per heavy atom. The summed E-state index contributed by atoms with van der Waals surface area (Å²) in [5.74, 6) is 0.814. The van der Waals surface area contributed by atoms with Gasteiger partial charge in [0, 0.05) is 36.6 Å². The molecule has 0 atom stereocenters. The lowest BCUT2D eigenvalue weighted by atomic mass is 10.0. The van der Waals surface area contributed by atoms with Crippen LogP contribution in [0.4, 0.5) is 5.82 Å². The number of aryl methyl sites for hydroxylation is 1. The van der Waals surface area contributed by atoms with Crippen molar-refractivity contribution in [2.45, 2.75) is 33.4 Å². The molecular weight excluding hydrogens is 348 g/mol. The molecule has 1 N–H and O–H groups in total. The van der Waals surface area contributed by atoms with Crippen molar-refractivity contribution in [2.75, 3.05) is 12.4 Å². The SMILES string of the molecule is CNc1ccc(-c2cccc(C(=O)N(Cc3ncccc3C)C(C)C)c2)cn1. The molecule has 0 radical (unpaired) electrons. The number of carbonyl (C=O) groups is 1. The molecular formula is C23H26N4O. The maximum absolute atomic E-state index is 13.3. The highest BCUT2D eigenvalue weighted by Gasteiger charge is 2.20. The number of carbonyl (C=O) groups excluding carboxylic acids is 1. The summed E-state index contributed by atoms with van der Waals surface area (Å²) >= 11 is 0. The van der Waals surface area contributed by atoms with E-state index in [0.29, 0.717) is 12.1 Å². The second-order valence-corrected chi connectivity index (χ2v) is 7.06. The van der Waals surface area contributed by atoms with Crippen LogP contribution in [0, 0.1) is 6.92 Å². The number of nitrogens with zero attached hydrogens (tertiary/aromatic N) is 3. The number of hydrogen-bond donors (Lipinski definition) is 1. The Morgan fingerprint density at radius 3 is 2.54 bits per heavy atom. The van der Waals surface area contributed by atoms with E-state index < -0.39 is 0 Å². The van der Waals surface area contributed by atoms with Crippen LogP contribution in [0.25, 0.3) is 11.1 Å². The summed E-state index contributed by atoms with van der Waals surface area (Å²) in [6.45, 7) is 6.57. The summed E-state index contributed by atoms with van der Waals surface area (Å²) in [5.41, 5.74) is 4.62. The Balaban J connectivity index is 1.88. The minimum absolute atomic E-state index is 0.00158. The number of hydrogen-bond acceptors (Lipinski definition) is 4. The van der Waals surface area contributed by atoms with E-state index in [1.165, 1.54) is 0 Å². The molecule has 0 saturated carbocycles. The normalized spacial score (nSPS) is 10.8. The molecule has 0 aliphatic rings. The van der Waals surface area contributed by atoms with Gasteiger partial charge in [0.05, 0.1) is 12.2 Å². The molecule has 0 aliphatic heterocycles. The lowest BCUT2D eigenvalue weighted by molar-refractivity contribution is 0.0687. The van der Waals surface area contributed by atoms with Gasteiger partial charge in [0.25, 0.3) is 5.91 Å². The average molecular weight is 374 g/mol. The van der Waals surface area contributed by atoms with Crippen LogP contribution < -0.4 is 5.32 Å². The van der Waals surface area contributed by atoms with Crippen molar-refractivity contribution in [1.82, 2.24) is 14.9 Å². The zero-order valence-corrected chi connectivity index (χ0v) is 16.8. The lowest BCUT2D eigenvalue weighted by Gasteiger charge is -2.27. The van der Waals surface area contributed by atoms with Gasteiger partial charge in [-0.25, -0.2) is 4.98 Å². The monoisotopic (exact) mass is 374 g/mol. The summed E-state index contributed by atoms with van der Waals surface area (Å²) in [5, 5.41) is 3.01. The van der Waals surface area contributed by atoms with Crippen LogP contribution in [0.2, 0.25) is 0 Å². The Kier molecular flexibility index (Phi) is 6.04. The Morgan fingerprint density at radius 2 is 1.89 bits per heavy atom. The summed E-state index contributed by atoms with van der Waals surface area (Å²) < 4.78 is 0. The van der Waals surface area contributed by atoms with E-state index in [2.05, 4.69) is 15.3 Å². The zero-order chi connectivity index (χ0) is 20.1. The number of anilines is 1. The van der Waals surface area contributed by atoms with Crippen LogP contribution in [-0.4, -0.2) is 33.9 Å². The van der Waals surface area contributed by atoms with E-state index in [9.17, 15) is 4.79 Å². The van der Waals surface area contributed by atoms with Crippen molar-refractivity contribution in [2.24, 2.45) is 0 Å². The molecule has 28 heavy (non-hydrogen) atoms. The average Bonchev–Trinajstić information content (AvgIpc) is 2.72. The Bertz CT molecular complexity index is 951. The van der Waals surface area contributed by atoms with Crippen molar-refractivity contribution < 1.29 is 4.79 Å². The fourth-order valence-electron chi connectivity index (χ4n) is 3.04. The molecule has 144 valence electrons. The molecule has 0 bridgehead atoms. The predicted molar refractivity (Wildman–Crippen MR) is 113 cm³/mol. The van der Waals surface area contributed by atoms with Crippen molar-refractivity contribution in [1.29, 1.82) is 0 Å². The second kappa shape index (κ2) is 8.65. The second-order valence-electron chi connectivity index (χ2n) is 7.06. The summed E-state index contributed by atoms with van der Waals surface area (Å²) in [7, 11) is 1.84. The summed E-state index contributed by atoms with van der Waals surface area (Å²) in [6.07, 6.45) is 3.58. The van der Waals surface area contributed by atoms with E-state index in [-0.39, 0.29) is 11.9 Å². The minimum atomic E-state index is 0.00158. The summed E-state index contributed by atoms with van der Waals surface area (Å²) in [4.78, 5) is 23.9. The highest BCUT2D eigenvalue weighted by molar-refractivity contribution is 5.95. The number of amides is 1. The fraction of sp³-hybridized carbons (Fsp3) is 0.261. The predicted octanol–water partition coefficient (Wildman–Crippen LogP) is 4.54. The fourth-order valence-corrected chi connectivity index (χ4v) is 3.04. The van der Waals surface area contributed by atoms with Gasteiger partial charge in [0.2, 0.25) is 0 Å². The molecule has 2 heterocycles. The largest absolute Gasteiger partial charge is 0.373 e. The van der Waals surface area contributed by atoms with Crippen LogP contribution in [-0.2, 0) is 6.54 Å². The van der Waals surface area contributed by atoms with Gasteiger partial charge in [-0.3, -0.25) is 9.78 Å². The van der Waals surface area contributed by atoms with Gasteiger partial charge in [-0.05, 0) is 62.2 Å². The van der Waals surface area contributed by atoms with Gasteiger partial charge < -0.3 is 10.2 Å². The highest BCUT2D eigenvalue weighted by Crippen LogP contribution is 2.22. The van der Waals surface area contributed by atoms with Gasteiger partial charge in [-0.2, -0.15) is 0 Å². The summed E-state index contributed by atoms with van der Waals surface area (Å²) in [6, 6.07) is 15.6. The molecule has 2 aromatic heterocycles. The highest BCUT2D eigenvalue weighted by atomic mass is 16.2. The molecule has 5 nitrogen and oxygen atoms in total. The van der Waals surface area contributed by atoms with E-state index in [1.54, 1.807) is 6.20 Å². The van der Waals surface area contributed by atoms with Crippen molar-refractivity contribution in [3.8, 4) is 11.1 Å². The third-order valence-corrected chi connectivity index (χ3v) is 4.78. The molecule has 0 spiro atoms. The van der Waals surface area contributed by atoms with E-state index in [0.717, 1.165) is 28.2 Å². The molecule has 3 rings (SSSR count). The first-order valence-electron chi connectivity index (χ1n) is 9.45. The van der Waals surface area contributed by atoms with Crippen LogP contribution in [0.3, 0.4) is 0 Å². The van der Waals surface area contributed by atoms with Crippen LogP contribution >= 0.6 is 0 Å². The third-order valence-electron chi connectivity index (χ3n) is 4.78. The first-order valence-corrected chi connectivity index (χ1v) is 9.45.